The van der Waals surface area contributed by atoms with Gasteiger partial charge in [-0.3, -0.25) is 43.1 Å². The number of aromatic amines is 2. The van der Waals surface area contributed by atoms with Crippen LogP contribution in [-0.2, 0) is 26.2 Å². The molecule has 12 heteroatoms. The van der Waals surface area contributed by atoms with Crippen LogP contribution in [0.2, 0.25) is 0 Å². The van der Waals surface area contributed by atoms with Crippen LogP contribution in [0.5, 0.6) is 0 Å². The van der Waals surface area contributed by atoms with Gasteiger partial charge in [-0.25, -0.2) is 4.79 Å². The molecule has 0 bridgehead atoms. The van der Waals surface area contributed by atoms with E-state index in [1.165, 1.54) is 32.1 Å². The number of aliphatic hydroxyl groups is 2. The van der Waals surface area contributed by atoms with E-state index in [0.717, 1.165) is 4.57 Å². The molecule has 3 aromatic rings. The third-order valence-corrected chi connectivity index (χ3v) is 4.89. The van der Waals surface area contributed by atoms with Gasteiger partial charge in [-0.2, -0.15) is 0 Å². The molecular formula is C19H26N6O6. The summed E-state index contributed by atoms with van der Waals surface area (Å²) in [5.41, 5.74) is -0.328. The molecule has 12 nitrogen and oxygen atoms in total. The van der Waals surface area contributed by atoms with Crippen molar-refractivity contribution in [1.29, 1.82) is 0 Å². The standard InChI is InChI=1S/C19H26N6O6/c1-11-4-17(29)24(20-11)9-14(26)7-22-13(3)6-16(28)23(19(22)31)8-15(27)10-25-18(30)5-12(2)21-25/h4-6,14-15,20-21,26-27H,7-10H2,1-3H3. The Morgan fingerprint density at radius 1 is 0.710 bits per heavy atom. The van der Waals surface area contributed by atoms with Crippen molar-refractivity contribution < 1.29 is 10.2 Å². The number of H-pyrrole nitrogens is 2. The van der Waals surface area contributed by atoms with Crippen LogP contribution in [-0.4, -0.2) is 51.1 Å². The van der Waals surface area contributed by atoms with Crippen molar-refractivity contribution >= 4 is 0 Å². The molecule has 3 aromatic heterocycles. The van der Waals surface area contributed by atoms with Crippen LogP contribution < -0.4 is 22.4 Å². The molecule has 4 N–H and O–H groups in total. The molecule has 31 heavy (non-hydrogen) atoms. The lowest BCUT2D eigenvalue weighted by Crippen LogP contribution is -2.45. The normalized spacial score (nSPS) is 13.5. The third kappa shape index (κ3) is 5.03. The maximum absolute atomic E-state index is 12.9. The topological polar surface area (TPSA) is 160 Å². The van der Waals surface area contributed by atoms with Gasteiger partial charge < -0.3 is 10.2 Å². The maximum Gasteiger partial charge on any atom is 0.331 e. The summed E-state index contributed by atoms with van der Waals surface area (Å²) in [5, 5.41) is 26.3. The van der Waals surface area contributed by atoms with E-state index < -0.39 is 23.5 Å². The number of rotatable bonds is 8. The van der Waals surface area contributed by atoms with Gasteiger partial charge in [0.2, 0.25) is 0 Å². The Hall–Kier alpha value is -3.38. The van der Waals surface area contributed by atoms with E-state index in [-0.39, 0.29) is 37.3 Å². The van der Waals surface area contributed by atoms with Crippen LogP contribution in [0.3, 0.4) is 0 Å². The summed E-state index contributed by atoms with van der Waals surface area (Å²) in [4.78, 5) is 48.8. The highest BCUT2D eigenvalue weighted by Gasteiger charge is 2.17. The first-order valence-corrected chi connectivity index (χ1v) is 9.75. The Morgan fingerprint density at radius 2 is 1.16 bits per heavy atom. The van der Waals surface area contributed by atoms with E-state index in [0.29, 0.717) is 17.1 Å². The molecular weight excluding hydrogens is 408 g/mol. The monoisotopic (exact) mass is 434 g/mol. The first kappa shape index (κ1) is 22.3. The summed E-state index contributed by atoms with van der Waals surface area (Å²) < 4.78 is 4.49. The molecule has 2 unspecified atom stereocenters. The van der Waals surface area contributed by atoms with E-state index >= 15 is 0 Å². The fourth-order valence-electron chi connectivity index (χ4n) is 3.47. The largest absolute Gasteiger partial charge is 0.389 e. The number of aliphatic hydroxyl groups excluding tert-OH is 2. The molecule has 0 spiro atoms. The molecule has 168 valence electrons. The fourth-order valence-corrected chi connectivity index (χ4v) is 3.47. The molecule has 3 heterocycles. The second-order valence-corrected chi connectivity index (χ2v) is 7.71. The second kappa shape index (κ2) is 8.78. The molecule has 0 aliphatic carbocycles. The van der Waals surface area contributed by atoms with E-state index in [2.05, 4.69) is 10.2 Å². The predicted molar refractivity (Wildman–Crippen MR) is 111 cm³/mol. The number of nitrogens with zero attached hydrogens (tertiary/aromatic N) is 4. The Balaban J connectivity index is 1.80. The number of nitrogens with one attached hydrogen (secondary N) is 2. The van der Waals surface area contributed by atoms with Crippen molar-refractivity contribution in [2.45, 2.75) is 59.2 Å². The molecule has 0 radical (unpaired) electrons. The second-order valence-electron chi connectivity index (χ2n) is 7.71. The lowest BCUT2D eigenvalue weighted by atomic mass is 10.3. The van der Waals surface area contributed by atoms with E-state index in [1.54, 1.807) is 20.8 Å². The quantitative estimate of drug-likeness (QED) is 0.322. The van der Waals surface area contributed by atoms with Crippen LogP contribution in [0.4, 0.5) is 0 Å². The Bertz CT molecular complexity index is 1300. The van der Waals surface area contributed by atoms with Crippen LogP contribution in [0.15, 0.2) is 37.4 Å². The molecule has 0 fully saturated rings. The maximum atomic E-state index is 12.9. The SMILES string of the molecule is Cc1cc(=O)n(CC(O)Cn2c(C)cc(=O)n(CC(O)Cn3[nH]c(C)cc3=O)c2=O)[nH]1. The van der Waals surface area contributed by atoms with Crippen molar-refractivity contribution in [3.8, 4) is 0 Å². The Labute approximate surface area is 175 Å². The summed E-state index contributed by atoms with van der Waals surface area (Å²) in [6, 6.07) is 4.00. The van der Waals surface area contributed by atoms with E-state index in [1.807, 2.05) is 0 Å². The predicted octanol–water partition coefficient (Wildman–Crippen LogP) is -1.96. The van der Waals surface area contributed by atoms with Gasteiger partial charge in [0.25, 0.3) is 16.7 Å². The molecule has 0 aliphatic heterocycles. The number of hydrogen-bond donors (Lipinski definition) is 4. The zero-order chi connectivity index (χ0) is 22.9. The molecule has 0 amide bonds. The smallest absolute Gasteiger partial charge is 0.331 e. The first-order chi connectivity index (χ1) is 14.5. The average molecular weight is 434 g/mol. The number of aromatic nitrogens is 6. The zero-order valence-electron chi connectivity index (χ0n) is 17.5. The minimum absolute atomic E-state index is 0.0601. The molecule has 2 atom stereocenters. The molecule has 0 aliphatic rings. The van der Waals surface area contributed by atoms with Gasteiger partial charge in [0, 0.05) is 35.3 Å². The van der Waals surface area contributed by atoms with Gasteiger partial charge >= 0.3 is 5.69 Å². The average Bonchev–Trinajstić information content (AvgIpc) is 3.15. The fraction of sp³-hybridized carbons (Fsp3) is 0.474. The van der Waals surface area contributed by atoms with E-state index in [4.69, 9.17) is 0 Å². The number of hydrogen-bond acceptors (Lipinski definition) is 6. The first-order valence-electron chi connectivity index (χ1n) is 9.75. The highest BCUT2D eigenvalue weighted by atomic mass is 16.3. The van der Waals surface area contributed by atoms with Gasteiger partial charge in [-0.1, -0.05) is 0 Å². The summed E-state index contributed by atoms with van der Waals surface area (Å²) >= 11 is 0. The zero-order valence-corrected chi connectivity index (χ0v) is 17.5. The molecule has 0 aromatic carbocycles. The molecule has 0 saturated carbocycles. The van der Waals surface area contributed by atoms with Gasteiger partial charge in [0.05, 0.1) is 38.4 Å². The van der Waals surface area contributed by atoms with Crippen LogP contribution in [0.25, 0.3) is 0 Å². The summed E-state index contributed by atoms with van der Waals surface area (Å²) in [5.74, 6) is 0. The van der Waals surface area contributed by atoms with Gasteiger partial charge in [-0.05, 0) is 20.8 Å². The Morgan fingerprint density at radius 3 is 1.58 bits per heavy atom. The van der Waals surface area contributed by atoms with Crippen molar-refractivity contribution in [2.24, 2.45) is 0 Å². The summed E-state index contributed by atoms with van der Waals surface area (Å²) in [6.45, 7) is 4.31. The van der Waals surface area contributed by atoms with Crippen molar-refractivity contribution in [1.82, 2.24) is 28.7 Å². The minimum atomic E-state index is -1.18. The van der Waals surface area contributed by atoms with Gasteiger partial charge in [-0.15, -0.1) is 0 Å². The highest BCUT2D eigenvalue weighted by molar-refractivity contribution is 5.01. The van der Waals surface area contributed by atoms with Gasteiger partial charge in [0.1, 0.15) is 0 Å². The molecule has 0 saturated heterocycles. The lowest BCUT2D eigenvalue weighted by molar-refractivity contribution is 0.118. The van der Waals surface area contributed by atoms with Crippen LogP contribution in [0, 0.1) is 20.8 Å². The highest BCUT2D eigenvalue weighted by Crippen LogP contribution is 1.99. The summed E-state index contributed by atoms with van der Waals surface area (Å²) in [7, 11) is 0. The summed E-state index contributed by atoms with van der Waals surface area (Å²) in [6.07, 6.45) is -2.26. The minimum Gasteiger partial charge on any atom is -0.389 e. The van der Waals surface area contributed by atoms with Crippen molar-refractivity contribution in [2.75, 3.05) is 0 Å². The lowest BCUT2D eigenvalue weighted by Gasteiger charge is -2.18. The van der Waals surface area contributed by atoms with Crippen LogP contribution >= 0.6 is 0 Å². The van der Waals surface area contributed by atoms with Crippen molar-refractivity contribution in [3.05, 3.63) is 76.8 Å². The number of aryl methyl sites for hydroxylation is 3. The van der Waals surface area contributed by atoms with Gasteiger partial charge in [0.15, 0.2) is 0 Å². The van der Waals surface area contributed by atoms with E-state index in [9.17, 15) is 29.4 Å². The third-order valence-electron chi connectivity index (χ3n) is 4.89. The molecule has 3 rings (SSSR count). The Kier molecular flexibility index (Phi) is 6.32. The van der Waals surface area contributed by atoms with Crippen LogP contribution in [0.1, 0.15) is 17.1 Å². The van der Waals surface area contributed by atoms with Crippen molar-refractivity contribution in [3.63, 3.8) is 0 Å².